The second-order valence-electron chi connectivity index (χ2n) is 6.64. The number of carbonyl (C=O) groups is 1. The molecular weight excluding hydrogens is 380 g/mol. The number of piperidine rings is 1. The molecule has 3 rings (SSSR count). The number of urea groups is 1. The number of nitrogens with zero attached hydrogens (tertiary/aromatic N) is 5. The first-order valence-corrected chi connectivity index (χ1v) is 8.50. The van der Waals surface area contributed by atoms with Crippen molar-refractivity contribution in [2.75, 3.05) is 18.4 Å². The quantitative estimate of drug-likeness (QED) is 0.788. The van der Waals surface area contributed by atoms with E-state index >= 15 is 0 Å². The van der Waals surface area contributed by atoms with E-state index in [4.69, 9.17) is 0 Å². The standard InChI is InChI=1S/C17H18F4N6O/c1-10-9-27(16(28)22-15-23-24-25-26(15)2)4-3-12(10)5-11-6-13(17(19,20)21)8-14(18)7-11/h5-8,10H,3-4,9H2,1-2H3,(H,22,23,25,28). The average molecular weight is 398 g/mol. The third-order valence-corrected chi connectivity index (χ3v) is 4.52. The van der Waals surface area contributed by atoms with Crippen molar-refractivity contribution in [1.82, 2.24) is 25.1 Å². The van der Waals surface area contributed by atoms with Gasteiger partial charge in [0, 0.05) is 20.1 Å². The number of halogens is 4. The van der Waals surface area contributed by atoms with Crippen LogP contribution in [0.2, 0.25) is 0 Å². The predicted octanol–water partition coefficient (Wildman–Crippen LogP) is 3.33. The van der Waals surface area contributed by atoms with Gasteiger partial charge in [0.05, 0.1) is 5.56 Å². The zero-order valence-electron chi connectivity index (χ0n) is 15.2. The number of carbonyl (C=O) groups excluding carboxylic acids is 1. The molecule has 1 N–H and O–H groups in total. The van der Waals surface area contributed by atoms with Crippen LogP contribution in [0.3, 0.4) is 0 Å². The number of tetrazole rings is 1. The molecule has 0 bridgehead atoms. The maximum atomic E-state index is 13.6. The van der Waals surface area contributed by atoms with Crippen LogP contribution in [0.25, 0.3) is 6.08 Å². The highest BCUT2D eigenvalue weighted by atomic mass is 19.4. The highest BCUT2D eigenvalue weighted by Crippen LogP contribution is 2.32. The maximum absolute atomic E-state index is 13.6. The van der Waals surface area contributed by atoms with Crippen LogP contribution < -0.4 is 5.32 Å². The fourth-order valence-electron chi connectivity index (χ4n) is 3.03. The smallest absolute Gasteiger partial charge is 0.324 e. The van der Waals surface area contributed by atoms with Gasteiger partial charge in [-0.15, -0.1) is 0 Å². The second kappa shape index (κ2) is 7.56. The monoisotopic (exact) mass is 398 g/mol. The van der Waals surface area contributed by atoms with Crippen molar-refractivity contribution in [1.29, 1.82) is 0 Å². The number of nitrogens with one attached hydrogen (secondary N) is 1. The molecule has 2 aromatic rings. The summed E-state index contributed by atoms with van der Waals surface area (Å²) < 4.78 is 53.5. The van der Waals surface area contributed by atoms with Crippen LogP contribution in [-0.4, -0.2) is 44.2 Å². The minimum atomic E-state index is -4.61. The Hall–Kier alpha value is -2.98. The van der Waals surface area contributed by atoms with Gasteiger partial charge in [-0.25, -0.2) is 13.9 Å². The van der Waals surface area contributed by atoms with Crippen molar-refractivity contribution in [2.45, 2.75) is 19.5 Å². The van der Waals surface area contributed by atoms with Gasteiger partial charge in [-0.1, -0.05) is 23.7 Å². The van der Waals surface area contributed by atoms with Gasteiger partial charge in [0.1, 0.15) is 5.82 Å². The molecule has 1 unspecified atom stereocenters. The van der Waals surface area contributed by atoms with Crippen molar-refractivity contribution in [3.05, 3.63) is 40.7 Å². The summed E-state index contributed by atoms with van der Waals surface area (Å²) in [6, 6.07) is 2.09. The SMILES string of the molecule is CC1CN(C(=O)Nc2nnnn2C)CCC1=Cc1cc(F)cc(C(F)(F)F)c1. The van der Waals surface area contributed by atoms with E-state index in [1.165, 1.54) is 4.68 Å². The van der Waals surface area contributed by atoms with Crippen molar-refractivity contribution < 1.29 is 22.4 Å². The first kappa shape index (κ1) is 19.8. The van der Waals surface area contributed by atoms with Gasteiger partial charge in [0.2, 0.25) is 0 Å². The number of aryl methyl sites for hydroxylation is 1. The molecule has 0 saturated carbocycles. The number of amides is 2. The lowest BCUT2D eigenvalue weighted by atomic mass is 9.91. The molecule has 150 valence electrons. The number of aromatic nitrogens is 4. The summed E-state index contributed by atoms with van der Waals surface area (Å²) in [7, 11) is 1.59. The lowest BCUT2D eigenvalue weighted by Gasteiger charge is -2.33. The fraction of sp³-hybridized carbons (Fsp3) is 0.412. The molecule has 1 saturated heterocycles. The Morgan fingerprint density at radius 3 is 2.68 bits per heavy atom. The van der Waals surface area contributed by atoms with Gasteiger partial charge in [-0.05, 0) is 46.5 Å². The van der Waals surface area contributed by atoms with E-state index in [1.54, 1.807) is 18.0 Å². The average Bonchev–Trinajstić information content (AvgIpc) is 3.00. The van der Waals surface area contributed by atoms with Gasteiger partial charge in [-0.3, -0.25) is 5.32 Å². The van der Waals surface area contributed by atoms with Gasteiger partial charge < -0.3 is 4.90 Å². The molecule has 0 radical (unpaired) electrons. The number of hydrogen-bond donors (Lipinski definition) is 1. The molecule has 2 amide bonds. The first-order chi connectivity index (χ1) is 13.1. The second-order valence-corrected chi connectivity index (χ2v) is 6.64. The van der Waals surface area contributed by atoms with Crippen molar-refractivity contribution in [3.63, 3.8) is 0 Å². The summed E-state index contributed by atoms with van der Waals surface area (Å²) >= 11 is 0. The Labute approximate surface area is 158 Å². The predicted molar refractivity (Wildman–Crippen MR) is 92.5 cm³/mol. The Morgan fingerprint density at radius 2 is 2.07 bits per heavy atom. The van der Waals surface area contributed by atoms with Crippen LogP contribution in [0.4, 0.5) is 28.3 Å². The first-order valence-electron chi connectivity index (χ1n) is 8.50. The molecule has 1 aromatic carbocycles. The van der Waals surface area contributed by atoms with Gasteiger partial charge in [0.25, 0.3) is 5.95 Å². The van der Waals surface area contributed by atoms with E-state index in [0.29, 0.717) is 25.6 Å². The number of alkyl halides is 3. The zero-order chi connectivity index (χ0) is 20.5. The van der Waals surface area contributed by atoms with Crippen molar-refractivity contribution >= 4 is 18.1 Å². The molecule has 1 fully saturated rings. The van der Waals surface area contributed by atoms with E-state index in [9.17, 15) is 22.4 Å². The maximum Gasteiger partial charge on any atom is 0.416 e. The molecule has 7 nitrogen and oxygen atoms in total. The molecule has 0 aliphatic carbocycles. The largest absolute Gasteiger partial charge is 0.416 e. The van der Waals surface area contributed by atoms with Crippen LogP contribution in [0.1, 0.15) is 24.5 Å². The fourth-order valence-corrected chi connectivity index (χ4v) is 3.03. The summed E-state index contributed by atoms with van der Waals surface area (Å²) in [6.45, 7) is 2.60. The molecule has 1 aromatic heterocycles. The van der Waals surface area contributed by atoms with E-state index in [0.717, 1.165) is 17.7 Å². The highest BCUT2D eigenvalue weighted by molar-refractivity contribution is 5.87. The number of anilines is 1. The number of likely N-dealkylation sites (tertiary alicyclic amines) is 1. The summed E-state index contributed by atoms with van der Waals surface area (Å²) in [4.78, 5) is 13.9. The Kier molecular flexibility index (Phi) is 5.34. The summed E-state index contributed by atoms with van der Waals surface area (Å²) in [6.07, 6.45) is -2.59. The molecular formula is C17H18F4N6O. The Morgan fingerprint density at radius 1 is 1.32 bits per heavy atom. The minimum absolute atomic E-state index is 0.102. The van der Waals surface area contributed by atoms with E-state index in [2.05, 4.69) is 20.8 Å². The molecule has 0 spiro atoms. The van der Waals surface area contributed by atoms with Crippen molar-refractivity contribution in [2.24, 2.45) is 13.0 Å². The number of rotatable bonds is 2. The third kappa shape index (κ3) is 4.46. The molecule has 2 heterocycles. The topological polar surface area (TPSA) is 75.9 Å². The summed E-state index contributed by atoms with van der Waals surface area (Å²) in [5.74, 6) is -0.836. The third-order valence-electron chi connectivity index (χ3n) is 4.52. The summed E-state index contributed by atoms with van der Waals surface area (Å²) in [5.41, 5.74) is -0.0264. The van der Waals surface area contributed by atoms with Gasteiger partial charge in [0.15, 0.2) is 0 Å². The zero-order valence-corrected chi connectivity index (χ0v) is 15.2. The normalized spacial score (nSPS) is 19.1. The highest BCUT2D eigenvalue weighted by Gasteiger charge is 2.31. The molecule has 1 aliphatic heterocycles. The molecule has 1 aliphatic rings. The molecule has 1 atom stereocenters. The van der Waals surface area contributed by atoms with Crippen LogP contribution in [-0.2, 0) is 13.2 Å². The lowest BCUT2D eigenvalue weighted by molar-refractivity contribution is -0.137. The Bertz CT molecular complexity index is 907. The van der Waals surface area contributed by atoms with E-state index < -0.39 is 17.6 Å². The number of benzene rings is 1. The van der Waals surface area contributed by atoms with E-state index in [1.807, 2.05) is 6.92 Å². The molecule has 28 heavy (non-hydrogen) atoms. The van der Waals surface area contributed by atoms with Crippen molar-refractivity contribution in [3.8, 4) is 0 Å². The van der Waals surface area contributed by atoms with Gasteiger partial charge in [-0.2, -0.15) is 13.2 Å². The van der Waals surface area contributed by atoms with Crippen LogP contribution >= 0.6 is 0 Å². The minimum Gasteiger partial charge on any atom is -0.324 e. The lowest BCUT2D eigenvalue weighted by Crippen LogP contribution is -2.42. The van der Waals surface area contributed by atoms with E-state index in [-0.39, 0.29) is 23.5 Å². The van der Waals surface area contributed by atoms with Crippen LogP contribution in [0.15, 0.2) is 23.8 Å². The van der Waals surface area contributed by atoms with Gasteiger partial charge >= 0.3 is 12.2 Å². The number of hydrogen-bond acceptors (Lipinski definition) is 4. The Balaban J connectivity index is 1.71. The molecule has 11 heteroatoms. The van der Waals surface area contributed by atoms with Crippen LogP contribution in [0.5, 0.6) is 0 Å². The van der Waals surface area contributed by atoms with Crippen LogP contribution in [0, 0.1) is 11.7 Å². The summed E-state index contributed by atoms with van der Waals surface area (Å²) in [5, 5.41) is 13.3.